The Morgan fingerprint density at radius 2 is 1.58 bits per heavy atom. The number of benzene rings is 2. The third-order valence-corrected chi connectivity index (χ3v) is 4.71. The number of aromatic nitrogens is 1. The van der Waals surface area contributed by atoms with Gasteiger partial charge in [0.15, 0.2) is 6.10 Å². The van der Waals surface area contributed by atoms with Crippen LogP contribution >= 0.6 is 0 Å². The van der Waals surface area contributed by atoms with Crippen molar-refractivity contribution in [1.29, 1.82) is 0 Å². The molecule has 0 aliphatic rings. The molecule has 0 fully saturated rings. The SMILES string of the molecule is O=C(NC(Cc1ccccc1)C(O)C(=O)O)c1ccc(-c2ccccc2C(=O)O)cn1. The Morgan fingerprint density at radius 1 is 0.903 bits per heavy atom. The first-order valence-corrected chi connectivity index (χ1v) is 9.41. The van der Waals surface area contributed by atoms with Gasteiger partial charge < -0.3 is 20.6 Å². The van der Waals surface area contributed by atoms with Gasteiger partial charge >= 0.3 is 11.9 Å². The molecule has 8 nitrogen and oxygen atoms in total. The lowest BCUT2D eigenvalue weighted by Crippen LogP contribution is -2.48. The normalized spacial score (nSPS) is 12.5. The van der Waals surface area contributed by atoms with Gasteiger partial charge in [-0.2, -0.15) is 0 Å². The number of aliphatic carboxylic acids is 1. The fourth-order valence-electron chi connectivity index (χ4n) is 3.13. The lowest BCUT2D eigenvalue weighted by atomic mass is 10.00. The van der Waals surface area contributed by atoms with Gasteiger partial charge in [0.2, 0.25) is 0 Å². The van der Waals surface area contributed by atoms with E-state index in [1.54, 1.807) is 54.6 Å². The van der Waals surface area contributed by atoms with Gasteiger partial charge in [0.1, 0.15) is 5.69 Å². The van der Waals surface area contributed by atoms with Crippen molar-refractivity contribution in [2.75, 3.05) is 0 Å². The van der Waals surface area contributed by atoms with Gasteiger partial charge in [0, 0.05) is 11.8 Å². The number of nitrogens with zero attached hydrogens (tertiary/aromatic N) is 1. The van der Waals surface area contributed by atoms with Crippen molar-refractivity contribution >= 4 is 17.8 Å². The van der Waals surface area contributed by atoms with Gasteiger partial charge in [0.25, 0.3) is 5.91 Å². The van der Waals surface area contributed by atoms with Crippen molar-refractivity contribution in [2.45, 2.75) is 18.6 Å². The minimum absolute atomic E-state index is 0.00667. The van der Waals surface area contributed by atoms with E-state index in [1.807, 2.05) is 0 Å². The summed E-state index contributed by atoms with van der Waals surface area (Å²) >= 11 is 0. The largest absolute Gasteiger partial charge is 0.479 e. The molecule has 0 saturated heterocycles. The van der Waals surface area contributed by atoms with Gasteiger partial charge in [-0.3, -0.25) is 9.78 Å². The van der Waals surface area contributed by atoms with E-state index in [9.17, 15) is 29.7 Å². The van der Waals surface area contributed by atoms with Crippen molar-refractivity contribution in [3.63, 3.8) is 0 Å². The van der Waals surface area contributed by atoms with E-state index in [1.165, 1.54) is 18.3 Å². The van der Waals surface area contributed by atoms with Gasteiger partial charge in [0.05, 0.1) is 11.6 Å². The van der Waals surface area contributed by atoms with Crippen LogP contribution in [0.5, 0.6) is 0 Å². The highest BCUT2D eigenvalue weighted by molar-refractivity contribution is 5.96. The van der Waals surface area contributed by atoms with E-state index in [0.29, 0.717) is 11.1 Å². The van der Waals surface area contributed by atoms with Crippen LogP contribution in [0.15, 0.2) is 72.9 Å². The van der Waals surface area contributed by atoms with Crippen LogP contribution in [0.1, 0.15) is 26.4 Å². The highest BCUT2D eigenvalue weighted by Gasteiger charge is 2.28. The second-order valence-corrected chi connectivity index (χ2v) is 6.84. The standard InChI is InChI=1S/C23H20N2O6/c26-20(23(30)31)19(12-14-6-2-1-3-7-14)25-21(27)18-11-10-15(13-24-18)16-8-4-5-9-17(16)22(28)29/h1-11,13,19-20,26H,12H2,(H,25,27)(H,28,29)(H,30,31). The number of rotatable bonds is 8. The number of hydrogen-bond donors (Lipinski definition) is 4. The summed E-state index contributed by atoms with van der Waals surface area (Å²) in [5, 5.41) is 31.1. The van der Waals surface area contributed by atoms with Crippen molar-refractivity contribution in [1.82, 2.24) is 10.3 Å². The second-order valence-electron chi connectivity index (χ2n) is 6.84. The zero-order valence-electron chi connectivity index (χ0n) is 16.3. The predicted octanol–water partition coefficient (Wildman–Crippen LogP) is 2.23. The number of amides is 1. The minimum Gasteiger partial charge on any atom is -0.479 e. The number of carboxylic acid groups (broad SMARTS) is 2. The van der Waals surface area contributed by atoms with Crippen LogP contribution in [0.3, 0.4) is 0 Å². The quantitative estimate of drug-likeness (QED) is 0.439. The highest BCUT2D eigenvalue weighted by atomic mass is 16.4. The molecule has 1 amide bonds. The molecule has 0 bridgehead atoms. The summed E-state index contributed by atoms with van der Waals surface area (Å²) in [5.74, 6) is -3.18. The molecule has 31 heavy (non-hydrogen) atoms. The Balaban J connectivity index is 1.79. The molecule has 0 saturated carbocycles. The van der Waals surface area contributed by atoms with Gasteiger partial charge in [-0.05, 0) is 29.7 Å². The fourth-order valence-corrected chi connectivity index (χ4v) is 3.13. The molecule has 3 aromatic rings. The molecule has 1 aromatic heterocycles. The van der Waals surface area contributed by atoms with Crippen LogP contribution in [0, 0.1) is 0 Å². The molecule has 1 heterocycles. The number of pyridine rings is 1. The average molecular weight is 420 g/mol. The molecule has 0 radical (unpaired) electrons. The maximum absolute atomic E-state index is 12.6. The number of hydrogen-bond acceptors (Lipinski definition) is 5. The monoisotopic (exact) mass is 420 g/mol. The van der Waals surface area contributed by atoms with Crippen molar-refractivity contribution in [3.05, 3.63) is 89.7 Å². The van der Waals surface area contributed by atoms with E-state index >= 15 is 0 Å². The average Bonchev–Trinajstić information content (AvgIpc) is 2.78. The lowest BCUT2D eigenvalue weighted by molar-refractivity contribution is -0.148. The minimum atomic E-state index is -1.80. The number of aliphatic hydroxyl groups is 1. The van der Waals surface area contributed by atoms with Crippen LogP contribution in [0.2, 0.25) is 0 Å². The fraction of sp³-hybridized carbons (Fsp3) is 0.130. The molecule has 3 rings (SSSR count). The third-order valence-electron chi connectivity index (χ3n) is 4.71. The molecule has 0 aliphatic carbocycles. The zero-order chi connectivity index (χ0) is 22.4. The van der Waals surface area contributed by atoms with Crippen LogP contribution in [-0.2, 0) is 11.2 Å². The van der Waals surface area contributed by atoms with E-state index in [0.717, 1.165) is 5.56 Å². The summed E-state index contributed by atoms with van der Waals surface area (Å²) in [7, 11) is 0. The van der Waals surface area contributed by atoms with Crippen LogP contribution in [0.25, 0.3) is 11.1 Å². The third kappa shape index (κ3) is 5.31. The summed E-state index contributed by atoms with van der Waals surface area (Å²) < 4.78 is 0. The molecule has 2 atom stereocenters. The van der Waals surface area contributed by atoms with E-state index in [4.69, 9.17) is 0 Å². The summed E-state index contributed by atoms with van der Waals surface area (Å²) in [4.78, 5) is 39.4. The number of carboxylic acids is 2. The Bertz CT molecular complexity index is 1080. The molecule has 158 valence electrons. The Hall–Kier alpha value is -4.04. The van der Waals surface area contributed by atoms with Crippen LogP contribution < -0.4 is 5.32 Å². The Kier molecular flexibility index (Phi) is 6.74. The first-order chi connectivity index (χ1) is 14.9. The highest BCUT2D eigenvalue weighted by Crippen LogP contribution is 2.23. The van der Waals surface area contributed by atoms with Crippen molar-refractivity contribution in [2.24, 2.45) is 0 Å². The molecular weight excluding hydrogens is 400 g/mol. The summed E-state index contributed by atoms with van der Waals surface area (Å²) in [6, 6.07) is 17.2. The second kappa shape index (κ2) is 9.64. The van der Waals surface area contributed by atoms with E-state index in [2.05, 4.69) is 10.3 Å². The number of nitrogens with one attached hydrogen (secondary N) is 1. The van der Waals surface area contributed by atoms with Gasteiger partial charge in [-0.15, -0.1) is 0 Å². The molecule has 0 aliphatic heterocycles. The van der Waals surface area contributed by atoms with Crippen molar-refractivity contribution in [3.8, 4) is 11.1 Å². The number of aromatic carboxylic acids is 1. The Labute approximate surface area is 177 Å². The first kappa shape index (κ1) is 21.7. The molecule has 2 aromatic carbocycles. The predicted molar refractivity (Wildman–Crippen MR) is 112 cm³/mol. The maximum atomic E-state index is 12.6. The maximum Gasteiger partial charge on any atom is 0.336 e. The molecular formula is C23H20N2O6. The summed E-state index contributed by atoms with van der Waals surface area (Å²) in [5.41, 5.74) is 1.83. The number of carbonyl (C=O) groups excluding carboxylic acids is 1. The van der Waals surface area contributed by atoms with E-state index < -0.39 is 30.0 Å². The van der Waals surface area contributed by atoms with Crippen molar-refractivity contribution < 1.29 is 29.7 Å². The lowest BCUT2D eigenvalue weighted by Gasteiger charge is -2.21. The smallest absolute Gasteiger partial charge is 0.336 e. The topological polar surface area (TPSA) is 137 Å². The molecule has 0 spiro atoms. The van der Waals surface area contributed by atoms with Crippen LogP contribution in [0.4, 0.5) is 0 Å². The first-order valence-electron chi connectivity index (χ1n) is 9.41. The van der Waals surface area contributed by atoms with Crippen LogP contribution in [-0.4, -0.2) is 50.3 Å². The summed E-state index contributed by atoms with van der Waals surface area (Å²) in [6.45, 7) is 0. The molecule has 8 heteroatoms. The summed E-state index contributed by atoms with van der Waals surface area (Å²) in [6.07, 6.45) is -0.313. The Morgan fingerprint density at radius 3 is 2.19 bits per heavy atom. The number of aliphatic hydroxyl groups excluding tert-OH is 1. The van der Waals surface area contributed by atoms with Gasteiger partial charge in [-0.1, -0.05) is 54.6 Å². The molecule has 2 unspecified atom stereocenters. The van der Waals surface area contributed by atoms with E-state index in [-0.39, 0.29) is 17.7 Å². The van der Waals surface area contributed by atoms with Gasteiger partial charge in [-0.25, -0.2) is 9.59 Å². The zero-order valence-corrected chi connectivity index (χ0v) is 16.3. The molecule has 4 N–H and O–H groups in total. The number of carbonyl (C=O) groups is 3.